The van der Waals surface area contributed by atoms with Gasteiger partial charge in [-0.15, -0.1) is 0 Å². The average Bonchev–Trinajstić information content (AvgIpc) is 3.01. The quantitative estimate of drug-likeness (QED) is 0.774. The molecule has 0 unspecified atom stereocenters. The van der Waals surface area contributed by atoms with Gasteiger partial charge in [0.1, 0.15) is 12.4 Å². The Morgan fingerprint density at radius 3 is 2.70 bits per heavy atom. The van der Waals surface area contributed by atoms with Gasteiger partial charge in [-0.3, -0.25) is 5.10 Å². The fraction of sp³-hybridized carbons (Fsp3) is 0.118. The predicted molar refractivity (Wildman–Crippen MR) is 79.5 cm³/mol. The number of rotatable bonds is 4. The lowest BCUT2D eigenvalue weighted by molar-refractivity contribution is 0.306. The lowest BCUT2D eigenvalue weighted by atomic mass is 10.0. The van der Waals surface area contributed by atoms with E-state index in [1.54, 1.807) is 0 Å². The first-order valence-corrected chi connectivity index (χ1v) is 6.59. The fourth-order valence-corrected chi connectivity index (χ4v) is 2.14. The molecule has 0 aliphatic carbocycles. The lowest BCUT2D eigenvalue weighted by Crippen LogP contribution is -1.95. The number of aryl methyl sites for hydroxylation is 1. The minimum absolute atomic E-state index is 0.578. The zero-order valence-electron chi connectivity index (χ0n) is 11.3. The molecule has 0 spiro atoms. The van der Waals surface area contributed by atoms with Gasteiger partial charge in [-0.1, -0.05) is 36.4 Å². The number of hydrogen-bond acceptors (Lipinski definition) is 2. The van der Waals surface area contributed by atoms with Gasteiger partial charge in [0.05, 0.1) is 6.20 Å². The first kappa shape index (κ1) is 12.5. The Hall–Kier alpha value is -2.55. The topological polar surface area (TPSA) is 37.9 Å². The molecule has 0 radical (unpaired) electrons. The molecule has 0 fully saturated rings. The highest BCUT2D eigenvalue weighted by molar-refractivity contribution is 5.67. The van der Waals surface area contributed by atoms with E-state index in [9.17, 15) is 0 Å². The average molecular weight is 264 g/mol. The first-order chi connectivity index (χ1) is 9.83. The molecule has 3 rings (SSSR count). The van der Waals surface area contributed by atoms with Gasteiger partial charge in [0.15, 0.2) is 0 Å². The second-order valence-corrected chi connectivity index (χ2v) is 4.74. The Bertz CT molecular complexity index is 675. The van der Waals surface area contributed by atoms with Crippen LogP contribution in [0.3, 0.4) is 0 Å². The van der Waals surface area contributed by atoms with Crippen LogP contribution >= 0.6 is 0 Å². The summed E-state index contributed by atoms with van der Waals surface area (Å²) in [5.74, 6) is 0.871. The zero-order valence-corrected chi connectivity index (χ0v) is 11.3. The molecule has 20 heavy (non-hydrogen) atoms. The van der Waals surface area contributed by atoms with E-state index >= 15 is 0 Å². The van der Waals surface area contributed by atoms with Gasteiger partial charge in [-0.05, 0) is 35.7 Å². The van der Waals surface area contributed by atoms with Crippen LogP contribution in [0.4, 0.5) is 0 Å². The van der Waals surface area contributed by atoms with Crippen LogP contribution < -0.4 is 4.74 Å². The highest BCUT2D eigenvalue weighted by Gasteiger charge is 2.05. The Labute approximate surface area is 118 Å². The molecule has 0 aliphatic rings. The molecule has 0 saturated carbocycles. The summed E-state index contributed by atoms with van der Waals surface area (Å²) in [5.41, 5.74) is 4.59. The number of aromatic nitrogens is 2. The number of H-pyrrole nitrogens is 1. The minimum Gasteiger partial charge on any atom is -0.489 e. The number of ether oxygens (including phenoxy) is 1. The number of nitrogens with one attached hydrogen (secondary N) is 1. The van der Waals surface area contributed by atoms with E-state index in [0.717, 1.165) is 22.4 Å². The summed E-state index contributed by atoms with van der Waals surface area (Å²) in [7, 11) is 0. The van der Waals surface area contributed by atoms with Crippen LogP contribution in [-0.2, 0) is 6.61 Å². The highest BCUT2D eigenvalue weighted by Crippen LogP contribution is 2.27. The normalized spacial score (nSPS) is 10.4. The monoisotopic (exact) mass is 264 g/mol. The molecule has 100 valence electrons. The maximum absolute atomic E-state index is 5.86. The highest BCUT2D eigenvalue weighted by atomic mass is 16.5. The van der Waals surface area contributed by atoms with Crippen molar-refractivity contribution in [3.63, 3.8) is 0 Å². The summed E-state index contributed by atoms with van der Waals surface area (Å²) in [6, 6.07) is 16.3. The smallest absolute Gasteiger partial charge is 0.120 e. The molecule has 3 heteroatoms. The van der Waals surface area contributed by atoms with Gasteiger partial charge < -0.3 is 4.74 Å². The van der Waals surface area contributed by atoms with Crippen molar-refractivity contribution < 1.29 is 4.74 Å². The van der Waals surface area contributed by atoms with Crippen LogP contribution in [0.5, 0.6) is 5.75 Å². The third kappa shape index (κ3) is 2.72. The molecule has 0 atom stereocenters. The molecule has 3 aromatic rings. The molecule has 0 bridgehead atoms. The van der Waals surface area contributed by atoms with Crippen LogP contribution in [0.25, 0.3) is 11.1 Å². The van der Waals surface area contributed by atoms with Gasteiger partial charge >= 0.3 is 0 Å². The summed E-state index contributed by atoms with van der Waals surface area (Å²) < 4.78 is 5.86. The van der Waals surface area contributed by atoms with Crippen LogP contribution in [-0.4, -0.2) is 10.2 Å². The third-order valence-corrected chi connectivity index (χ3v) is 3.27. The molecular weight excluding hydrogens is 248 g/mol. The van der Waals surface area contributed by atoms with Gasteiger partial charge in [-0.25, -0.2) is 0 Å². The van der Waals surface area contributed by atoms with Gasteiger partial charge in [-0.2, -0.15) is 5.10 Å². The second kappa shape index (κ2) is 5.61. The standard InChI is InChI=1S/C17H16N2O/c1-13-7-8-16(9-17(13)15-10-18-19-11-15)20-12-14-5-3-2-4-6-14/h2-11H,12H2,1H3,(H,18,19). The number of benzene rings is 2. The number of nitrogens with zero attached hydrogens (tertiary/aromatic N) is 1. The summed E-state index contributed by atoms with van der Waals surface area (Å²) >= 11 is 0. The Kier molecular flexibility index (Phi) is 3.50. The Morgan fingerprint density at radius 1 is 1.10 bits per heavy atom. The summed E-state index contributed by atoms with van der Waals surface area (Å²) in [5, 5.41) is 6.84. The maximum Gasteiger partial charge on any atom is 0.120 e. The second-order valence-electron chi connectivity index (χ2n) is 4.74. The van der Waals surface area contributed by atoms with Gasteiger partial charge in [0, 0.05) is 11.8 Å². The van der Waals surface area contributed by atoms with Crippen LogP contribution in [0.2, 0.25) is 0 Å². The van der Waals surface area contributed by atoms with Crippen molar-refractivity contribution in [2.24, 2.45) is 0 Å². The molecule has 0 aliphatic heterocycles. The van der Waals surface area contributed by atoms with Crippen LogP contribution in [0.15, 0.2) is 60.9 Å². The lowest BCUT2D eigenvalue weighted by Gasteiger charge is -2.09. The molecule has 1 aromatic heterocycles. The molecule has 2 aromatic carbocycles. The van der Waals surface area contributed by atoms with Gasteiger partial charge in [0.25, 0.3) is 0 Å². The Balaban J connectivity index is 1.79. The molecule has 3 nitrogen and oxygen atoms in total. The molecule has 1 heterocycles. The van der Waals surface area contributed by atoms with E-state index < -0.39 is 0 Å². The van der Waals surface area contributed by atoms with Crippen LogP contribution in [0.1, 0.15) is 11.1 Å². The van der Waals surface area contributed by atoms with E-state index in [4.69, 9.17) is 4.74 Å². The van der Waals surface area contributed by atoms with Crippen molar-refractivity contribution in [2.75, 3.05) is 0 Å². The summed E-state index contributed by atoms with van der Waals surface area (Å²) in [6.07, 6.45) is 3.71. The fourth-order valence-electron chi connectivity index (χ4n) is 2.14. The summed E-state index contributed by atoms with van der Waals surface area (Å²) in [6.45, 7) is 2.66. The maximum atomic E-state index is 5.86. The van der Waals surface area contributed by atoms with Crippen molar-refractivity contribution in [3.8, 4) is 16.9 Å². The predicted octanol–water partition coefficient (Wildman–Crippen LogP) is 3.96. The molecular formula is C17H16N2O. The Morgan fingerprint density at radius 2 is 1.95 bits per heavy atom. The van der Waals surface area contributed by atoms with E-state index in [2.05, 4.69) is 41.4 Å². The first-order valence-electron chi connectivity index (χ1n) is 6.59. The number of aromatic amines is 1. The molecule has 1 N–H and O–H groups in total. The van der Waals surface area contributed by atoms with E-state index in [1.807, 2.05) is 36.7 Å². The zero-order chi connectivity index (χ0) is 13.8. The van der Waals surface area contributed by atoms with E-state index in [-0.39, 0.29) is 0 Å². The molecule has 0 amide bonds. The largest absolute Gasteiger partial charge is 0.489 e. The van der Waals surface area contributed by atoms with Crippen molar-refractivity contribution in [3.05, 3.63) is 72.1 Å². The van der Waals surface area contributed by atoms with Crippen LogP contribution in [0, 0.1) is 6.92 Å². The summed E-state index contributed by atoms with van der Waals surface area (Å²) in [4.78, 5) is 0. The van der Waals surface area contributed by atoms with Crippen molar-refractivity contribution in [1.29, 1.82) is 0 Å². The van der Waals surface area contributed by atoms with Gasteiger partial charge in [0.2, 0.25) is 0 Å². The van der Waals surface area contributed by atoms with Crippen molar-refractivity contribution >= 4 is 0 Å². The number of hydrogen-bond donors (Lipinski definition) is 1. The van der Waals surface area contributed by atoms with E-state index in [1.165, 1.54) is 5.56 Å². The minimum atomic E-state index is 0.578. The third-order valence-electron chi connectivity index (χ3n) is 3.27. The van der Waals surface area contributed by atoms with E-state index in [0.29, 0.717) is 6.61 Å². The van der Waals surface area contributed by atoms with Crippen molar-refractivity contribution in [1.82, 2.24) is 10.2 Å². The SMILES string of the molecule is Cc1ccc(OCc2ccccc2)cc1-c1cn[nH]c1. The molecule has 0 saturated heterocycles. The van der Waals surface area contributed by atoms with Crippen molar-refractivity contribution in [2.45, 2.75) is 13.5 Å².